The van der Waals surface area contributed by atoms with Crippen molar-refractivity contribution in [2.75, 3.05) is 27.7 Å². The first-order chi connectivity index (χ1) is 8.94. The van der Waals surface area contributed by atoms with E-state index in [1.807, 2.05) is 0 Å². The molecule has 0 saturated carbocycles. The normalized spacial score (nSPS) is 21.3. The van der Waals surface area contributed by atoms with Gasteiger partial charge in [0.15, 0.2) is 17.3 Å². The van der Waals surface area contributed by atoms with E-state index < -0.39 is 0 Å². The number of likely N-dealkylation sites (tertiary alicyclic amines) is 1. The summed E-state index contributed by atoms with van der Waals surface area (Å²) in [5, 5.41) is 9.54. The van der Waals surface area contributed by atoms with Gasteiger partial charge in [0.25, 0.3) is 0 Å². The van der Waals surface area contributed by atoms with Gasteiger partial charge in [-0.15, -0.1) is 0 Å². The smallest absolute Gasteiger partial charge is 0.168 e. The Balaban J connectivity index is 2.12. The van der Waals surface area contributed by atoms with Crippen LogP contribution >= 0.6 is 0 Å². The molecule has 1 unspecified atom stereocenters. The summed E-state index contributed by atoms with van der Waals surface area (Å²) in [7, 11) is 5.85. The van der Waals surface area contributed by atoms with Crippen molar-refractivity contribution < 1.29 is 19.1 Å². The summed E-state index contributed by atoms with van der Waals surface area (Å²) in [6.07, 6.45) is 2.85. The van der Waals surface area contributed by atoms with Crippen LogP contribution in [0.1, 0.15) is 29.6 Å². The summed E-state index contributed by atoms with van der Waals surface area (Å²) in [6, 6.07) is 5.19. The summed E-state index contributed by atoms with van der Waals surface area (Å²) < 4.78 is 5.96. The largest absolute Gasteiger partial charge is 0.504 e. The second kappa shape index (κ2) is 5.21. The lowest BCUT2D eigenvalue weighted by Crippen LogP contribution is -2.44. The zero-order chi connectivity index (χ0) is 14.0. The molecule has 1 aromatic rings. The minimum absolute atomic E-state index is 0.0658. The van der Waals surface area contributed by atoms with Crippen LogP contribution in [0.5, 0.6) is 11.5 Å². The predicted molar refractivity (Wildman–Crippen MR) is 73.6 cm³/mol. The second-order valence-electron chi connectivity index (χ2n) is 5.81. The molecule has 1 N–H and O–H groups in total. The summed E-state index contributed by atoms with van der Waals surface area (Å²) in [5.41, 5.74) is 0.613. The van der Waals surface area contributed by atoms with Gasteiger partial charge in [0.05, 0.1) is 40.2 Å². The van der Waals surface area contributed by atoms with Crippen LogP contribution in [0.15, 0.2) is 18.2 Å². The van der Waals surface area contributed by atoms with Crippen LogP contribution in [-0.4, -0.2) is 49.2 Å². The molecule has 0 aromatic heterocycles. The molecule has 2 rings (SSSR count). The van der Waals surface area contributed by atoms with Crippen LogP contribution in [0.2, 0.25) is 0 Å². The third-order valence-corrected chi connectivity index (χ3v) is 4.18. The van der Waals surface area contributed by atoms with Gasteiger partial charge < -0.3 is 14.3 Å². The highest BCUT2D eigenvalue weighted by Gasteiger charge is 2.35. The lowest BCUT2D eigenvalue weighted by molar-refractivity contribution is -0.901. The van der Waals surface area contributed by atoms with Gasteiger partial charge >= 0.3 is 0 Å². The van der Waals surface area contributed by atoms with E-state index in [4.69, 9.17) is 4.74 Å². The first kappa shape index (κ1) is 13.9. The predicted octanol–water partition coefficient (Wildman–Crippen LogP) is 2.21. The zero-order valence-corrected chi connectivity index (χ0v) is 11.8. The lowest BCUT2D eigenvalue weighted by atomic mass is 10.0. The van der Waals surface area contributed by atoms with Crippen molar-refractivity contribution in [3.8, 4) is 11.5 Å². The van der Waals surface area contributed by atoms with E-state index in [0.29, 0.717) is 23.8 Å². The van der Waals surface area contributed by atoms with Gasteiger partial charge in [-0.2, -0.15) is 0 Å². The van der Waals surface area contributed by atoms with Gasteiger partial charge in [-0.25, -0.2) is 0 Å². The summed E-state index contributed by atoms with van der Waals surface area (Å²) in [4.78, 5) is 12.3. The van der Waals surface area contributed by atoms with Crippen molar-refractivity contribution in [2.45, 2.75) is 25.3 Å². The van der Waals surface area contributed by atoms with Crippen LogP contribution in [0.25, 0.3) is 0 Å². The summed E-state index contributed by atoms with van der Waals surface area (Å²) >= 11 is 0. The number of phenolic OH excluding ortho intramolecular Hbond substituents is 1. The Morgan fingerprint density at radius 3 is 2.79 bits per heavy atom. The standard InChI is InChI=1S/C15H21NO3/c1-16(2)8-4-5-12(16)10-14(18)11-6-7-13(17)15(9-11)19-3/h6-7,9,12H,4-5,8,10H2,1-3H3/p+1. The molecule has 0 amide bonds. The first-order valence-electron chi connectivity index (χ1n) is 6.67. The minimum Gasteiger partial charge on any atom is -0.504 e. The van der Waals surface area contributed by atoms with Crippen LogP contribution in [0, 0.1) is 0 Å². The monoisotopic (exact) mass is 264 g/mol. The van der Waals surface area contributed by atoms with Gasteiger partial charge in [-0.3, -0.25) is 4.79 Å². The Kier molecular flexibility index (Phi) is 3.80. The molecule has 1 heterocycles. The summed E-state index contributed by atoms with van der Waals surface area (Å²) in [6.45, 7) is 1.14. The van der Waals surface area contributed by atoms with Gasteiger partial charge in [0, 0.05) is 18.4 Å². The van der Waals surface area contributed by atoms with Crippen molar-refractivity contribution in [1.82, 2.24) is 0 Å². The van der Waals surface area contributed by atoms with Crippen LogP contribution in [-0.2, 0) is 0 Å². The van der Waals surface area contributed by atoms with E-state index in [1.165, 1.54) is 19.6 Å². The minimum atomic E-state index is 0.0658. The zero-order valence-electron chi connectivity index (χ0n) is 11.8. The number of ketones is 1. The lowest BCUT2D eigenvalue weighted by Gasteiger charge is -2.31. The molecule has 0 radical (unpaired) electrons. The number of benzene rings is 1. The number of methoxy groups -OCH3 is 1. The Morgan fingerprint density at radius 1 is 1.47 bits per heavy atom. The number of aromatic hydroxyl groups is 1. The first-order valence-corrected chi connectivity index (χ1v) is 6.67. The van der Waals surface area contributed by atoms with Crippen LogP contribution < -0.4 is 4.74 Å². The quantitative estimate of drug-likeness (QED) is 0.670. The van der Waals surface area contributed by atoms with Crippen molar-refractivity contribution in [1.29, 1.82) is 0 Å². The maximum Gasteiger partial charge on any atom is 0.168 e. The third kappa shape index (κ3) is 2.89. The molecule has 1 aromatic carbocycles. The highest BCUT2D eigenvalue weighted by atomic mass is 16.5. The fraction of sp³-hybridized carbons (Fsp3) is 0.533. The maximum absolute atomic E-state index is 12.3. The number of hydrogen-bond acceptors (Lipinski definition) is 3. The molecule has 104 valence electrons. The van der Waals surface area contributed by atoms with Crippen molar-refractivity contribution >= 4 is 5.78 Å². The fourth-order valence-corrected chi connectivity index (χ4v) is 2.80. The van der Waals surface area contributed by atoms with E-state index in [9.17, 15) is 9.90 Å². The molecule has 0 aliphatic carbocycles. The number of carbonyl (C=O) groups is 1. The molecule has 1 aliphatic rings. The average Bonchev–Trinajstić information content (AvgIpc) is 2.69. The average molecular weight is 264 g/mol. The number of Topliss-reactive ketones (excluding diaryl/α,β-unsaturated/α-hetero) is 1. The maximum atomic E-state index is 12.3. The Hall–Kier alpha value is -1.55. The fourth-order valence-electron chi connectivity index (χ4n) is 2.80. The van der Waals surface area contributed by atoms with E-state index in [2.05, 4.69) is 14.1 Å². The molecular weight excluding hydrogens is 242 g/mol. The highest BCUT2D eigenvalue weighted by molar-refractivity contribution is 5.97. The van der Waals surface area contributed by atoms with Gasteiger partial charge in [-0.1, -0.05) is 0 Å². The van der Waals surface area contributed by atoms with Gasteiger partial charge in [0.1, 0.15) is 0 Å². The molecule has 0 bridgehead atoms. The molecule has 1 atom stereocenters. The Morgan fingerprint density at radius 2 is 2.21 bits per heavy atom. The molecule has 0 spiro atoms. The number of phenols is 1. The van der Waals surface area contributed by atoms with Crippen molar-refractivity contribution in [3.63, 3.8) is 0 Å². The number of rotatable bonds is 4. The molecule has 1 saturated heterocycles. The summed E-state index contributed by atoms with van der Waals surface area (Å²) in [5.74, 6) is 0.540. The van der Waals surface area contributed by atoms with Gasteiger partial charge in [-0.05, 0) is 18.2 Å². The second-order valence-corrected chi connectivity index (χ2v) is 5.81. The van der Waals surface area contributed by atoms with E-state index in [-0.39, 0.29) is 11.5 Å². The van der Waals surface area contributed by atoms with E-state index in [1.54, 1.807) is 12.1 Å². The molecule has 4 heteroatoms. The molecule has 1 fully saturated rings. The number of hydrogen-bond donors (Lipinski definition) is 1. The number of quaternary nitrogens is 1. The van der Waals surface area contributed by atoms with Crippen molar-refractivity contribution in [2.24, 2.45) is 0 Å². The van der Waals surface area contributed by atoms with E-state index in [0.717, 1.165) is 17.4 Å². The molecular formula is C15H22NO3+. The number of nitrogens with zero attached hydrogens (tertiary/aromatic N) is 1. The third-order valence-electron chi connectivity index (χ3n) is 4.18. The van der Waals surface area contributed by atoms with Crippen LogP contribution in [0.4, 0.5) is 0 Å². The van der Waals surface area contributed by atoms with Gasteiger partial charge in [0.2, 0.25) is 0 Å². The molecule has 4 nitrogen and oxygen atoms in total. The molecule has 19 heavy (non-hydrogen) atoms. The topological polar surface area (TPSA) is 46.5 Å². The Bertz CT molecular complexity index is 482. The van der Waals surface area contributed by atoms with Crippen molar-refractivity contribution in [3.05, 3.63) is 23.8 Å². The van der Waals surface area contributed by atoms with Crippen LogP contribution in [0.3, 0.4) is 0 Å². The Labute approximate surface area is 114 Å². The van der Waals surface area contributed by atoms with E-state index >= 15 is 0 Å². The number of ether oxygens (including phenoxy) is 1. The number of carbonyl (C=O) groups excluding carboxylic acids is 1. The highest BCUT2D eigenvalue weighted by Crippen LogP contribution is 2.29. The molecule has 1 aliphatic heterocycles. The SMILES string of the molecule is COc1cc(C(=O)CC2CCC[N+]2(C)C)ccc1O.